The van der Waals surface area contributed by atoms with Gasteiger partial charge in [0.05, 0.1) is 21.2 Å². The molecule has 6 nitrogen and oxygen atoms in total. The van der Waals surface area contributed by atoms with Gasteiger partial charge in [0.25, 0.3) is 5.91 Å². The van der Waals surface area contributed by atoms with Crippen LogP contribution in [0.4, 0.5) is 10.1 Å². The fraction of sp³-hybridized carbons (Fsp3) is 0.118. The maximum absolute atomic E-state index is 13.0. The van der Waals surface area contributed by atoms with Gasteiger partial charge in [0.2, 0.25) is 11.8 Å². The molecule has 0 saturated carbocycles. The highest BCUT2D eigenvalue weighted by molar-refractivity contribution is 6.34. The maximum atomic E-state index is 13.0. The number of nitrogens with one attached hydrogen (secondary N) is 2. The van der Waals surface area contributed by atoms with E-state index in [-0.39, 0.29) is 40.0 Å². The molecule has 0 aliphatic carbocycles. The number of primary amides is 1. The average Bonchev–Trinajstić information content (AvgIpc) is 2.54. The zero-order valence-corrected chi connectivity index (χ0v) is 14.8. The van der Waals surface area contributed by atoms with Crippen molar-refractivity contribution in [2.24, 2.45) is 5.73 Å². The molecule has 3 amide bonds. The van der Waals surface area contributed by atoms with E-state index in [1.54, 1.807) is 0 Å². The minimum atomic E-state index is -0.671. The normalized spacial score (nSPS) is 10.3. The molecule has 0 saturated heterocycles. The SMILES string of the molecule is NC(=O)c1ccc(NC(=O)CCNC(=O)c2ccc(F)cc2Cl)cc1Cl. The van der Waals surface area contributed by atoms with E-state index in [0.717, 1.165) is 12.1 Å². The standard InChI is InChI=1S/C17H14Cl2FN3O3/c18-13-7-9(20)1-3-12(13)17(26)22-6-5-15(24)23-10-2-4-11(16(21)25)14(19)8-10/h1-4,7-8H,5-6H2,(H2,21,25)(H,22,26)(H,23,24). The van der Waals surface area contributed by atoms with Crippen LogP contribution >= 0.6 is 23.2 Å². The number of benzene rings is 2. The molecule has 0 aromatic heterocycles. The Labute approximate surface area is 158 Å². The van der Waals surface area contributed by atoms with Crippen molar-refractivity contribution < 1.29 is 18.8 Å². The van der Waals surface area contributed by atoms with E-state index >= 15 is 0 Å². The second-order valence-corrected chi connectivity index (χ2v) is 6.05. The van der Waals surface area contributed by atoms with Gasteiger partial charge in [-0.2, -0.15) is 0 Å². The summed E-state index contributed by atoms with van der Waals surface area (Å²) in [4.78, 5) is 35.0. The summed E-state index contributed by atoms with van der Waals surface area (Å²) < 4.78 is 13.0. The van der Waals surface area contributed by atoms with Gasteiger partial charge in [-0.25, -0.2) is 4.39 Å². The summed E-state index contributed by atoms with van der Waals surface area (Å²) in [5.74, 6) is -2.11. The molecule has 4 N–H and O–H groups in total. The van der Waals surface area contributed by atoms with Crippen LogP contribution in [0.25, 0.3) is 0 Å². The van der Waals surface area contributed by atoms with Gasteiger partial charge in [-0.1, -0.05) is 23.2 Å². The van der Waals surface area contributed by atoms with Crippen molar-refractivity contribution in [1.29, 1.82) is 0 Å². The fourth-order valence-electron chi connectivity index (χ4n) is 2.07. The van der Waals surface area contributed by atoms with E-state index in [9.17, 15) is 18.8 Å². The highest BCUT2D eigenvalue weighted by Crippen LogP contribution is 2.21. The van der Waals surface area contributed by atoms with Gasteiger partial charge in [0.1, 0.15) is 5.82 Å². The van der Waals surface area contributed by atoms with Gasteiger partial charge in [-0.15, -0.1) is 0 Å². The summed E-state index contributed by atoms with van der Waals surface area (Å²) in [6.07, 6.45) is -0.0141. The van der Waals surface area contributed by atoms with Crippen LogP contribution in [0.5, 0.6) is 0 Å². The second kappa shape index (κ2) is 8.64. The summed E-state index contributed by atoms with van der Waals surface area (Å²) >= 11 is 11.7. The molecule has 0 aliphatic heterocycles. The first kappa shape index (κ1) is 19.7. The van der Waals surface area contributed by atoms with Crippen molar-refractivity contribution in [3.63, 3.8) is 0 Å². The summed E-state index contributed by atoms with van der Waals surface area (Å²) in [6, 6.07) is 7.70. The molecular formula is C17H14Cl2FN3O3. The molecule has 0 spiro atoms. The number of rotatable bonds is 6. The van der Waals surface area contributed by atoms with E-state index in [0.29, 0.717) is 5.69 Å². The van der Waals surface area contributed by atoms with E-state index < -0.39 is 17.6 Å². The van der Waals surface area contributed by atoms with E-state index in [1.807, 2.05) is 0 Å². The predicted molar refractivity (Wildman–Crippen MR) is 97.0 cm³/mol. The third-order valence-electron chi connectivity index (χ3n) is 3.33. The fourth-order valence-corrected chi connectivity index (χ4v) is 2.60. The third kappa shape index (κ3) is 5.18. The van der Waals surface area contributed by atoms with Crippen LogP contribution in [0.3, 0.4) is 0 Å². The molecule has 2 aromatic carbocycles. The molecule has 2 aromatic rings. The first-order valence-electron chi connectivity index (χ1n) is 7.40. The lowest BCUT2D eigenvalue weighted by Gasteiger charge is -2.09. The van der Waals surface area contributed by atoms with E-state index in [2.05, 4.69) is 10.6 Å². The lowest BCUT2D eigenvalue weighted by molar-refractivity contribution is -0.116. The Hall–Kier alpha value is -2.64. The lowest BCUT2D eigenvalue weighted by atomic mass is 10.2. The van der Waals surface area contributed by atoms with Crippen molar-refractivity contribution >= 4 is 46.6 Å². The molecule has 0 unspecified atom stereocenters. The number of hydrogen-bond donors (Lipinski definition) is 3. The number of amides is 3. The van der Waals surface area contributed by atoms with Crippen LogP contribution < -0.4 is 16.4 Å². The van der Waals surface area contributed by atoms with Gasteiger partial charge < -0.3 is 16.4 Å². The van der Waals surface area contributed by atoms with Crippen LogP contribution in [0.2, 0.25) is 10.0 Å². The Bertz CT molecular complexity index is 874. The van der Waals surface area contributed by atoms with Crippen molar-refractivity contribution in [3.8, 4) is 0 Å². The molecule has 0 atom stereocenters. The molecule has 0 heterocycles. The molecule has 0 radical (unpaired) electrons. The Morgan fingerprint density at radius 2 is 1.65 bits per heavy atom. The molecule has 0 aliphatic rings. The summed E-state index contributed by atoms with van der Waals surface area (Å²) in [5, 5.41) is 5.20. The molecule has 26 heavy (non-hydrogen) atoms. The molecule has 2 rings (SSSR count). The topological polar surface area (TPSA) is 101 Å². The Morgan fingerprint density at radius 3 is 2.27 bits per heavy atom. The predicted octanol–water partition coefficient (Wildman–Crippen LogP) is 2.99. The Balaban J connectivity index is 1.86. The van der Waals surface area contributed by atoms with Gasteiger partial charge in [0.15, 0.2) is 0 Å². The summed E-state index contributed by atoms with van der Waals surface area (Å²) in [5.41, 5.74) is 5.79. The Morgan fingerprint density at radius 1 is 1.00 bits per heavy atom. The number of nitrogens with two attached hydrogens (primary N) is 1. The smallest absolute Gasteiger partial charge is 0.252 e. The van der Waals surface area contributed by atoms with Crippen LogP contribution in [0.15, 0.2) is 36.4 Å². The molecule has 0 fully saturated rings. The zero-order chi connectivity index (χ0) is 19.3. The van der Waals surface area contributed by atoms with Crippen molar-refractivity contribution in [3.05, 3.63) is 63.4 Å². The minimum Gasteiger partial charge on any atom is -0.366 e. The summed E-state index contributed by atoms with van der Waals surface area (Å²) in [6.45, 7) is 0.0471. The summed E-state index contributed by atoms with van der Waals surface area (Å²) in [7, 11) is 0. The van der Waals surface area contributed by atoms with Gasteiger partial charge in [0, 0.05) is 18.7 Å². The first-order valence-corrected chi connectivity index (χ1v) is 8.16. The lowest BCUT2D eigenvalue weighted by Crippen LogP contribution is -2.28. The van der Waals surface area contributed by atoms with Crippen LogP contribution in [0.1, 0.15) is 27.1 Å². The first-order chi connectivity index (χ1) is 12.3. The van der Waals surface area contributed by atoms with Crippen LogP contribution in [-0.2, 0) is 4.79 Å². The highest BCUT2D eigenvalue weighted by atomic mass is 35.5. The Kier molecular flexibility index (Phi) is 6.54. The van der Waals surface area contributed by atoms with Crippen molar-refractivity contribution in [1.82, 2.24) is 5.32 Å². The quantitative estimate of drug-likeness (QED) is 0.697. The van der Waals surface area contributed by atoms with E-state index in [4.69, 9.17) is 28.9 Å². The van der Waals surface area contributed by atoms with Crippen molar-refractivity contribution in [2.45, 2.75) is 6.42 Å². The minimum absolute atomic E-state index is 0.0141. The largest absolute Gasteiger partial charge is 0.366 e. The van der Waals surface area contributed by atoms with Gasteiger partial charge >= 0.3 is 0 Å². The van der Waals surface area contributed by atoms with Crippen LogP contribution in [-0.4, -0.2) is 24.3 Å². The number of halogens is 3. The third-order valence-corrected chi connectivity index (χ3v) is 3.96. The van der Waals surface area contributed by atoms with Gasteiger partial charge in [-0.05, 0) is 36.4 Å². The van der Waals surface area contributed by atoms with Crippen molar-refractivity contribution in [2.75, 3.05) is 11.9 Å². The average molecular weight is 398 g/mol. The number of carbonyl (C=O) groups is 3. The van der Waals surface area contributed by atoms with Gasteiger partial charge in [-0.3, -0.25) is 14.4 Å². The van der Waals surface area contributed by atoms with E-state index in [1.165, 1.54) is 24.3 Å². The zero-order valence-electron chi connectivity index (χ0n) is 13.3. The molecule has 0 bridgehead atoms. The highest BCUT2D eigenvalue weighted by Gasteiger charge is 2.12. The monoisotopic (exact) mass is 397 g/mol. The molecule has 9 heteroatoms. The number of anilines is 1. The molecular weight excluding hydrogens is 384 g/mol. The number of carbonyl (C=O) groups excluding carboxylic acids is 3. The second-order valence-electron chi connectivity index (χ2n) is 5.24. The number of hydrogen-bond acceptors (Lipinski definition) is 3. The maximum Gasteiger partial charge on any atom is 0.252 e. The molecule has 136 valence electrons. The van der Waals surface area contributed by atoms with Crippen LogP contribution in [0, 0.1) is 5.82 Å².